The summed E-state index contributed by atoms with van der Waals surface area (Å²) in [5.41, 5.74) is 0. The van der Waals surface area contributed by atoms with Crippen LogP contribution in [0.25, 0.3) is 0 Å². The van der Waals surface area contributed by atoms with Crippen molar-refractivity contribution in [2.45, 2.75) is 77.8 Å². The molecule has 0 rings (SSSR count). The number of nitrogens with zero attached hydrogens (tertiary/aromatic N) is 1. The van der Waals surface area contributed by atoms with Crippen LogP contribution in [0.5, 0.6) is 0 Å². The van der Waals surface area contributed by atoms with Gasteiger partial charge in [0.2, 0.25) is 0 Å². The Bertz CT molecular complexity index is 221. The van der Waals surface area contributed by atoms with E-state index >= 15 is 0 Å². The molecule has 6 N–H and O–H groups in total. The first-order valence-electron chi connectivity index (χ1n) is 7.90. The maximum absolute atomic E-state index is 6.89. The highest BCUT2D eigenvalue weighted by atomic mass is 28.5. The SMILES string of the molecule is CC[Si](N)(CC)N([Si](N)(CC)CC)[Si](N)(CC)CC. The van der Waals surface area contributed by atoms with Gasteiger partial charge in [-0.05, 0) is 36.3 Å². The predicted octanol–water partition coefficient (Wildman–Crippen LogP) is 2.61. The lowest BCUT2D eigenvalue weighted by atomic mass is 10.9. The van der Waals surface area contributed by atoms with E-state index in [0.29, 0.717) is 0 Å². The van der Waals surface area contributed by atoms with Crippen LogP contribution in [0.2, 0.25) is 36.3 Å². The minimum Gasteiger partial charge on any atom is -0.339 e. The summed E-state index contributed by atoms with van der Waals surface area (Å²) in [5.74, 6) is 0. The Morgan fingerprint density at radius 3 is 0.789 bits per heavy atom. The second-order valence-corrected chi connectivity index (χ2v) is 19.3. The molecule has 0 unspecified atom stereocenters. The first-order valence-corrected chi connectivity index (χ1v) is 15.2. The fraction of sp³-hybridized carbons (Fsp3) is 1.00. The van der Waals surface area contributed by atoms with Crippen molar-refractivity contribution in [2.24, 2.45) is 16.2 Å². The van der Waals surface area contributed by atoms with Gasteiger partial charge in [-0.3, -0.25) is 0 Å². The van der Waals surface area contributed by atoms with Gasteiger partial charge in [-0.1, -0.05) is 41.5 Å². The molecule has 0 amide bonds. The quantitative estimate of drug-likeness (QED) is 0.570. The van der Waals surface area contributed by atoms with Crippen molar-refractivity contribution in [3.8, 4) is 0 Å². The Kier molecular flexibility index (Phi) is 7.68. The van der Waals surface area contributed by atoms with Crippen LogP contribution in [0.1, 0.15) is 41.5 Å². The first kappa shape index (κ1) is 19.5. The Morgan fingerprint density at radius 1 is 0.526 bits per heavy atom. The molecule has 0 aliphatic heterocycles. The second kappa shape index (κ2) is 7.49. The molecule has 7 heteroatoms. The molecule has 0 aromatic heterocycles. The molecule has 0 atom stereocenters. The molecule has 0 saturated heterocycles. The minimum absolute atomic E-state index is 1.06. The van der Waals surface area contributed by atoms with Gasteiger partial charge in [0.05, 0.1) is 0 Å². The van der Waals surface area contributed by atoms with E-state index in [4.69, 9.17) is 16.2 Å². The highest BCUT2D eigenvalue weighted by Crippen LogP contribution is 2.31. The number of rotatable bonds is 9. The van der Waals surface area contributed by atoms with E-state index in [1.165, 1.54) is 0 Å². The van der Waals surface area contributed by atoms with Crippen molar-refractivity contribution < 1.29 is 0 Å². The highest BCUT2D eigenvalue weighted by molar-refractivity contribution is 7.03. The molecular weight excluding hydrogens is 284 g/mol. The standard InChI is InChI=1S/C12H36N4Si3/c1-7-17(13,8-2)16(18(14,9-3)10-4)19(15,11-5)12-6/h7-15H2,1-6H3. The minimum atomic E-state index is -1.97. The van der Waals surface area contributed by atoms with E-state index in [0.717, 1.165) is 36.3 Å². The normalized spacial score (nSPS) is 14.2. The van der Waals surface area contributed by atoms with E-state index in [9.17, 15) is 0 Å². The van der Waals surface area contributed by atoms with E-state index in [2.05, 4.69) is 45.4 Å². The summed E-state index contributed by atoms with van der Waals surface area (Å²) in [6, 6.07) is 6.34. The van der Waals surface area contributed by atoms with Crippen LogP contribution in [0.3, 0.4) is 0 Å². The van der Waals surface area contributed by atoms with Crippen molar-refractivity contribution >= 4 is 25.2 Å². The molecular formula is C12H36N4Si3. The van der Waals surface area contributed by atoms with Crippen LogP contribution in [-0.2, 0) is 0 Å². The lowest BCUT2D eigenvalue weighted by Crippen LogP contribution is -2.85. The molecule has 116 valence electrons. The van der Waals surface area contributed by atoms with Gasteiger partial charge < -0.3 is 20.1 Å². The van der Waals surface area contributed by atoms with Crippen LogP contribution < -0.4 is 16.2 Å². The summed E-state index contributed by atoms with van der Waals surface area (Å²) >= 11 is 0. The van der Waals surface area contributed by atoms with E-state index in [1.54, 1.807) is 0 Å². The molecule has 0 aliphatic rings. The summed E-state index contributed by atoms with van der Waals surface area (Å²) in [5, 5.41) is 20.7. The van der Waals surface area contributed by atoms with Crippen molar-refractivity contribution in [3.63, 3.8) is 0 Å². The smallest absolute Gasteiger partial charge is 0.189 e. The zero-order valence-corrected chi connectivity index (χ0v) is 16.9. The summed E-state index contributed by atoms with van der Waals surface area (Å²) in [7, 11) is -5.92. The molecule has 0 aromatic rings. The maximum Gasteiger partial charge on any atom is 0.189 e. The Morgan fingerprint density at radius 2 is 0.684 bits per heavy atom. The van der Waals surface area contributed by atoms with Gasteiger partial charge in [-0.25, -0.2) is 0 Å². The van der Waals surface area contributed by atoms with Gasteiger partial charge in [0.15, 0.2) is 25.2 Å². The van der Waals surface area contributed by atoms with E-state index in [1.807, 2.05) is 0 Å². The topological polar surface area (TPSA) is 81.3 Å². The predicted molar refractivity (Wildman–Crippen MR) is 94.5 cm³/mol. The van der Waals surface area contributed by atoms with Crippen LogP contribution >= 0.6 is 0 Å². The molecule has 4 nitrogen and oxygen atoms in total. The van der Waals surface area contributed by atoms with Crippen LogP contribution in [0.15, 0.2) is 0 Å². The number of hydrogen-bond acceptors (Lipinski definition) is 4. The third kappa shape index (κ3) is 3.78. The summed E-state index contributed by atoms with van der Waals surface area (Å²) in [4.78, 5) is 0. The fourth-order valence-electron chi connectivity index (χ4n) is 3.03. The Balaban J connectivity index is 5.88. The van der Waals surface area contributed by atoms with Gasteiger partial charge in [0.1, 0.15) is 0 Å². The van der Waals surface area contributed by atoms with Gasteiger partial charge in [0.25, 0.3) is 0 Å². The first-order chi connectivity index (χ1) is 8.73. The van der Waals surface area contributed by atoms with E-state index in [-0.39, 0.29) is 0 Å². The Labute approximate surface area is 123 Å². The monoisotopic (exact) mass is 320 g/mol. The third-order valence-electron chi connectivity index (χ3n) is 5.01. The van der Waals surface area contributed by atoms with Gasteiger partial charge >= 0.3 is 0 Å². The fourth-order valence-corrected chi connectivity index (χ4v) is 22.8. The molecule has 0 spiro atoms. The molecule has 0 aromatic carbocycles. The Hall–Kier alpha value is 0.491. The third-order valence-corrected chi connectivity index (χ3v) is 23.0. The summed E-state index contributed by atoms with van der Waals surface area (Å²) in [6.07, 6.45) is 0. The lowest BCUT2D eigenvalue weighted by molar-refractivity contribution is 0.776. The lowest BCUT2D eigenvalue weighted by Gasteiger charge is -2.55. The number of nitrogens with two attached hydrogens (primary N) is 3. The van der Waals surface area contributed by atoms with Crippen molar-refractivity contribution in [1.82, 2.24) is 3.90 Å². The molecule has 19 heavy (non-hydrogen) atoms. The molecule has 0 heterocycles. The van der Waals surface area contributed by atoms with Crippen LogP contribution in [-0.4, -0.2) is 29.1 Å². The highest BCUT2D eigenvalue weighted by Gasteiger charge is 2.53. The van der Waals surface area contributed by atoms with E-state index < -0.39 is 25.2 Å². The second-order valence-electron chi connectivity index (χ2n) is 5.77. The number of hydrogen-bond donors (Lipinski definition) is 3. The van der Waals surface area contributed by atoms with Gasteiger partial charge in [-0.15, -0.1) is 0 Å². The molecule has 0 aliphatic carbocycles. The molecule has 0 radical (unpaired) electrons. The van der Waals surface area contributed by atoms with Crippen molar-refractivity contribution in [2.75, 3.05) is 0 Å². The van der Waals surface area contributed by atoms with Gasteiger partial charge in [0, 0.05) is 0 Å². The molecule has 0 fully saturated rings. The maximum atomic E-state index is 6.89. The molecule has 0 saturated carbocycles. The molecule has 0 bridgehead atoms. The van der Waals surface area contributed by atoms with Crippen LogP contribution in [0, 0.1) is 0 Å². The summed E-state index contributed by atoms with van der Waals surface area (Å²) in [6.45, 7) is 13.4. The van der Waals surface area contributed by atoms with Crippen molar-refractivity contribution in [3.05, 3.63) is 0 Å². The summed E-state index contributed by atoms with van der Waals surface area (Å²) < 4.78 is 2.65. The largest absolute Gasteiger partial charge is 0.339 e. The zero-order valence-electron chi connectivity index (χ0n) is 13.9. The average Bonchev–Trinajstić information content (AvgIpc) is 2.46. The average molecular weight is 321 g/mol. The van der Waals surface area contributed by atoms with Gasteiger partial charge in [-0.2, -0.15) is 0 Å². The zero-order chi connectivity index (χ0) is 15.3. The van der Waals surface area contributed by atoms with Crippen LogP contribution in [0.4, 0.5) is 0 Å². The van der Waals surface area contributed by atoms with Crippen molar-refractivity contribution in [1.29, 1.82) is 0 Å².